The fourth-order valence-corrected chi connectivity index (χ4v) is 1.47. The van der Waals surface area contributed by atoms with Crippen molar-refractivity contribution in [3.8, 4) is 0 Å². The van der Waals surface area contributed by atoms with Crippen molar-refractivity contribution in [3.63, 3.8) is 0 Å². The lowest BCUT2D eigenvalue weighted by molar-refractivity contribution is -0.143. The maximum Gasteiger partial charge on any atom is 0.325 e. The molecule has 0 saturated carbocycles. The van der Waals surface area contributed by atoms with Gasteiger partial charge < -0.3 is 9.30 Å². The number of aryl methyl sites for hydroxylation is 2. The summed E-state index contributed by atoms with van der Waals surface area (Å²) in [5.74, 6) is -0.285. The number of rotatable bonds is 3. The van der Waals surface area contributed by atoms with Crippen LogP contribution in [0.1, 0.15) is 18.3 Å². The van der Waals surface area contributed by atoms with Gasteiger partial charge in [0.2, 0.25) is 0 Å². The number of nitrogens with zero attached hydrogens (tertiary/aromatic N) is 1. The molecule has 0 aliphatic carbocycles. The van der Waals surface area contributed by atoms with E-state index in [0.717, 1.165) is 11.4 Å². The third-order valence-electron chi connectivity index (χ3n) is 2.15. The van der Waals surface area contributed by atoms with Crippen LogP contribution < -0.4 is 5.43 Å². The largest absolute Gasteiger partial charge is 0.465 e. The van der Waals surface area contributed by atoms with Gasteiger partial charge in [-0.3, -0.25) is 9.59 Å². The Labute approximate surface area is 88.5 Å². The molecule has 0 N–H and O–H groups in total. The predicted octanol–water partition coefficient (Wildman–Crippen LogP) is 1.03. The Morgan fingerprint density at radius 2 is 1.87 bits per heavy atom. The van der Waals surface area contributed by atoms with Crippen molar-refractivity contribution in [2.75, 3.05) is 6.61 Å². The lowest BCUT2D eigenvalue weighted by atomic mass is 10.3. The van der Waals surface area contributed by atoms with Crippen molar-refractivity contribution in [1.29, 1.82) is 0 Å². The number of carbonyl (C=O) groups is 1. The first kappa shape index (κ1) is 11.5. The third-order valence-corrected chi connectivity index (χ3v) is 2.15. The van der Waals surface area contributed by atoms with Crippen LogP contribution >= 0.6 is 0 Å². The summed E-state index contributed by atoms with van der Waals surface area (Å²) >= 11 is 0. The molecule has 0 amide bonds. The van der Waals surface area contributed by atoms with Gasteiger partial charge in [-0.15, -0.1) is 0 Å². The monoisotopic (exact) mass is 209 g/mol. The summed E-state index contributed by atoms with van der Waals surface area (Å²) in [6.45, 7) is 5.90. The zero-order valence-corrected chi connectivity index (χ0v) is 9.24. The standard InChI is InChI=1S/C11H15NO3/c1-4-15-11(14)7-12-8(2)5-10(13)6-9(12)3/h5-6H,4,7H2,1-3H3. The number of esters is 1. The van der Waals surface area contributed by atoms with Crippen LogP contribution in [0.2, 0.25) is 0 Å². The lowest BCUT2D eigenvalue weighted by Crippen LogP contribution is -2.19. The van der Waals surface area contributed by atoms with Crippen LogP contribution in [0, 0.1) is 13.8 Å². The molecule has 82 valence electrons. The Kier molecular flexibility index (Phi) is 3.66. The molecule has 4 heteroatoms. The van der Waals surface area contributed by atoms with Crippen molar-refractivity contribution in [2.45, 2.75) is 27.3 Å². The quantitative estimate of drug-likeness (QED) is 0.698. The van der Waals surface area contributed by atoms with Crippen LogP contribution in [0.15, 0.2) is 16.9 Å². The Hall–Kier alpha value is -1.58. The molecule has 0 aliphatic rings. The highest BCUT2D eigenvalue weighted by atomic mass is 16.5. The van der Waals surface area contributed by atoms with Gasteiger partial charge in [-0.1, -0.05) is 0 Å². The highest BCUT2D eigenvalue weighted by molar-refractivity contribution is 5.69. The third kappa shape index (κ3) is 2.94. The van der Waals surface area contributed by atoms with Crippen LogP contribution in [-0.4, -0.2) is 17.1 Å². The molecule has 1 aromatic rings. The van der Waals surface area contributed by atoms with Crippen LogP contribution in [0.5, 0.6) is 0 Å². The summed E-state index contributed by atoms with van der Waals surface area (Å²) in [5, 5.41) is 0. The zero-order valence-electron chi connectivity index (χ0n) is 9.24. The molecule has 0 bridgehead atoms. The normalized spacial score (nSPS) is 10.1. The molecule has 0 unspecified atom stereocenters. The highest BCUT2D eigenvalue weighted by Gasteiger charge is 2.07. The number of hydrogen-bond acceptors (Lipinski definition) is 3. The van der Waals surface area contributed by atoms with Gasteiger partial charge in [0.15, 0.2) is 5.43 Å². The van der Waals surface area contributed by atoms with Gasteiger partial charge in [0, 0.05) is 23.5 Å². The molecule has 1 rings (SSSR count). The smallest absolute Gasteiger partial charge is 0.325 e. The Morgan fingerprint density at radius 3 is 2.33 bits per heavy atom. The molecule has 1 heterocycles. The van der Waals surface area contributed by atoms with Gasteiger partial charge >= 0.3 is 5.97 Å². The van der Waals surface area contributed by atoms with E-state index in [1.165, 1.54) is 12.1 Å². The highest BCUT2D eigenvalue weighted by Crippen LogP contribution is 2.01. The van der Waals surface area contributed by atoms with Crippen LogP contribution in [0.4, 0.5) is 0 Å². The van der Waals surface area contributed by atoms with Gasteiger partial charge in [-0.25, -0.2) is 0 Å². The summed E-state index contributed by atoms with van der Waals surface area (Å²) in [7, 11) is 0. The van der Waals surface area contributed by atoms with E-state index in [9.17, 15) is 9.59 Å². The average Bonchev–Trinajstić information content (AvgIpc) is 2.11. The molecule has 0 aliphatic heterocycles. The number of carbonyl (C=O) groups excluding carboxylic acids is 1. The number of aromatic nitrogens is 1. The molecule has 0 atom stereocenters. The zero-order chi connectivity index (χ0) is 11.4. The van der Waals surface area contributed by atoms with E-state index in [2.05, 4.69) is 0 Å². The van der Waals surface area contributed by atoms with E-state index in [1.807, 2.05) is 0 Å². The van der Waals surface area contributed by atoms with Crippen molar-refractivity contribution >= 4 is 5.97 Å². The van der Waals surface area contributed by atoms with Crippen LogP contribution in [-0.2, 0) is 16.1 Å². The Balaban J connectivity index is 2.95. The average molecular weight is 209 g/mol. The maximum atomic E-state index is 11.3. The van der Waals surface area contributed by atoms with Gasteiger partial charge in [0.1, 0.15) is 6.54 Å². The SMILES string of the molecule is CCOC(=O)Cn1c(C)cc(=O)cc1C. The van der Waals surface area contributed by atoms with E-state index in [0.29, 0.717) is 6.61 Å². The minimum atomic E-state index is -0.285. The summed E-state index contributed by atoms with van der Waals surface area (Å²) in [4.78, 5) is 22.4. The molecule has 0 radical (unpaired) electrons. The Morgan fingerprint density at radius 1 is 1.33 bits per heavy atom. The second kappa shape index (κ2) is 4.77. The second-order valence-electron chi connectivity index (χ2n) is 3.36. The molecule has 0 saturated heterocycles. The summed E-state index contributed by atoms with van der Waals surface area (Å²) in [6, 6.07) is 3.01. The molecule has 0 spiro atoms. The number of ether oxygens (including phenoxy) is 1. The van der Waals surface area contributed by atoms with Crippen molar-refractivity contribution in [1.82, 2.24) is 4.57 Å². The van der Waals surface area contributed by atoms with E-state index >= 15 is 0 Å². The molecule has 0 fully saturated rings. The van der Waals surface area contributed by atoms with E-state index < -0.39 is 0 Å². The molecule has 0 aromatic carbocycles. The number of hydrogen-bond donors (Lipinski definition) is 0. The maximum absolute atomic E-state index is 11.3. The number of pyridine rings is 1. The molecular weight excluding hydrogens is 194 g/mol. The first-order valence-electron chi connectivity index (χ1n) is 4.88. The summed E-state index contributed by atoms with van der Waals surface area (Å²) < 4.78 is 6.61. The van der Waals surface area contributed by atoms with Gasteiger partial charge in [-0.2, -0.15) is 0 Å². The first-order chi connectivity index (χ1) is 7.04. The van der Waals surface area contributed by atoms with Crippen LogP contribution in [0.25, 0.3) is 0 Å². The molecule has 1 aromatic heterocycles. The predicted molar refractivity (Wildman–Crippen MR) is 56.8 cm³/mol. The van der Waals surface area contributed by atoms with E-state index in [1.54, 1.807) is 25.3 Å². The van der Waals surface area contributed by atoms with Crippen molar-refractivity contribution < 1.29 is 9.53 Å². The summed E-state index contributed by atoms with van der Waals surface area (Å²) in [5.41, 5.74) is 1.51. The van der Waals surface area contributed by atoms with E-state index in [4.69, 9.17) is 4.74 Å². The van der Waals surface area contributed by atoms with Gasteiger partial charge in [0.25, 0.3) is 0 Å². The van der Waals surface area contributed by atoms with E-state index in [-0.39, 0.29) is 17.9 Å². The first-order valence-corrected chi connectivity index (χ1v) is 4.88. The van der Waals surface area contributed by atoms with Gasteiger partial charge in [0.05, 0.1) is 6.61 Å². The topological polar surface area (TPSA) is 48.3 Å². The minimum Gasteiger partial charge on any atom is -0.465 e. The fourth-order valence-electron chi connectivity index (χ4n) is 1.47. The minimum absolute atomic E-state index is 0.0369. The summed E-state index contributed by atoms with van der Waals surface area (Å²) in [6.07, 6.45) is 0. The van der Waals surface area contributed by atoms with Crippen molar-refractivity contribution in [2.24, 2.45) is 0 Å². The van der Waals surface area contributed by atoms with Gasteiger partial charge in [-0.05, 0) is 20.8 Å². The molecular formula is C11H15NO3. The Bertz CT molecular complexity index is 394. The molecule has 4 nitrogen and oxygen atoms in total. The van der Waals surface area contributed by atoms with Crippen LogP contribution in [0.3, 0.4) is 0 Å². The molecule has 15 heavy (non-hydrogen) atoms. The van der Waals surface area contributed by atoms with Crippen molar-refractivity contribution in [3.05, 3.63) is 33.7 Å². The second-order valence-corrected chi connectivity index (χ2v) is 3.36. The fraction of sp³-hybridized carbons (Fsp3) is 0.455. The lowest BCUT2D eigenvalue weighted by Gasteiger charge is -2.12.